The van der Waals surface area contributed by atoms with Crippen molar-refractivity contribution < 1.29 is 32.9 Å². The van der Waals surface area contributed by atoms with Crippen molar-refractivity contribution in [3.63, 3.8) is 0 Å². The van der Waals surface area contributed by atoms with E-state index in [0.29, 0.717) is 39.0 Å². The standard InChI is InChI=1S/C21H41N4O7P/c1-16(26)22-10-12-25(13-11-23-17(2)27)14-19(24-18(3)28)15-31-33(29,30)32-20-6-8-21(4,5)9-7-20/h19-20H,6-15H2,1-5H3,(H,22,26)(H,23,27)(H,24,28)(H,29,30)/p-1. The van der Waals surface area contributed by atoms with Crippen molar-refractivity contribution >= 4 is 25.5 Å². The van der Waals surface area contributed by atoms with Crippen LogP contribution in [0.5, 0.6) is 0 Å². The summed E-state index contributed by atoms with van der Waals surface area (Å²) in [4.78, 5) is 48.3. The van der Waals surface area contributed by atoms with Crippen molar-refractivity contribution in [1.29, 1.82) is 0 Å². The first-order valence-electron chi connectivity index (χ1n) is 11.4. The van der Waals surface area contributed by atoms with Crippen LogP contribution in [-0.2, 0) is 28.0 Å². The fraction of sp³-hybridized carbons (Fsp3) is 0.857. The number of phosphoric acid groups is 1. The zero-order valence-electron chi connectivity index (χ0n) is 20.5. The summed E-state index contributed by atoms with van der Waals surface area (Å²) < 4.78 is 22.8. The largest absolute Gasteiger partial charge is 0.756 e. The van der Waals surface area contributed by atoms with E-state index >= 15 is 0 Å². The summed E-state index contributed by atoms with van der Waals surface area (Å²) in [5.74, 6) is -0.674. The molecule has 2 atom stereocenters. The van der Waals surface area contributed by atoms with E-state index in [9.17, 15) is 23.8 Å². The number of hydrogen-bond donors (Lipinski definition) is 3. The minimum absolute atomic E-state index is 0.172. The number of nitrogens with zero attached hydrogens (tertiary/aromatic N) is 1. The Hall–Kier alpha value is -1.52. The van der Waals surface area contributed by atoms with Crippen LogP contribution in [0.1, 0.15) is 60.3 Å². The maximum Gasteiger partial charge on any atom is 0.268 e. The van der Waals surface area contributed by atoms with E-state index in [4.69, 9.17) is 9.05 Å². The SMILES string of the molecule is CC(=O)NCCN(CCNC(C)=O)CC(COP(=O)([O-])OC1CCC(C)(C)CC1)NC(C)=O. The third-order valence-corrected chi connectivity index (χ3v) is 6.51. The lowest BCUT2D eigenvalue weighted by Gasteiger charge is -2.37. The lowest BCUT2D eigenvalue weighted by Crippen LogP contribution is -2.49. The van der Waals surface area contributed by atoms with Crippen LogP contribution in [0.15, 0.2) is 0 Å². The molecule has 1 fully saturated rings. The predicted molar refractivity (Wildman–Crippen MR) is 122 cm³/mol. The van der Waals surface area contributed by atoms with Gasteiger partial charge in [0, 0.05) is 53.5 Å². The summed E-state index contributed by atoms with van der Waals surface area (Å²) in [6.45, 7) is 10.1. The van der Waals surface area contributed by atoms with Crippen LogP contribution < -0.4 is 20.8 Å². The van der Waals surface area contributed by atoms with Gasteiger partial charge in [0.2, 0.25) is 17.7 Å². The molecule has 12 heteroatoms. The molecule has 1 rings (SSSR count). The fourth-order valence-electron chi connectivity index (χ4n) is 3.69. The summed E-state index contributed by atoms with van der Waals surface area (Å²) in [6, 6.07) is -0.631. The average Bonchev–Trinajstić information content (AvgIpc) is 2.66. The third-order valence-electron chi connectivity index (χ3n) is 5.49. The molecule has 0 bridgehead atoms. The van der Waals surface area contributed by atoms with Crippen LogP contribution >= 0.6 is 7.82 Å². The molecule has 0 radical (unpaired) electrons. The van der Waals surface area contributed by atoms with Crippen LogP contribution in [0.25, 0.3) is 0 Å². The molecule has 1 aliphatic carbocycles. The zero-order valence-corrected chi connectivity index (χ0v) is 21.4. The molecule has 1 saturated carbocycles. The van der Waals surface area contributed by atoms with E-state index in [2.05, 4.69) is 29.8 Å². The Morgan fingerprint density at radius 1 is 1.03 bits per heavy atom. The van der Waals surface area contributed by atoms with Gasteiger partial charge in [-0.1, -0.05) is 13.8 Å². The second-order valence-corrected chi connectivity index (χ2v) is 10.7. The highest BCUT2D eigenvalue weighted by Crippen LogP contribution is 2.45. The van der Waals surface area contributed by atoms with Gasteiger partial charge in [0.1, 0.15) is 0 Å². The van der Waals surface area contributed by atoms with Crippen LogP contribution in [0.4, 0.5) is 0 Å². The van der Waals surface area contributed by atoms with Gasteiger partial charge < -0.3 is 29.9 Å². The van der Waals surface area contributed by atoms with E-state index in [0.717, 1.165) is 12.8 Å². The molecule has 0 aliphatic heterocycles. The maximum absolute atomic E-state index is 12.4. The molecular formula is C21H40N4O7P-. The Bertz CT molecular complexity index is 674. The first-order chi connectivity index (χ1) is 15.3. The van der Waals surface area contributed by atoms with E-state index in [1.54, 1.807) is 0 Å². The highest BCUT2D eigenvalue weighted by Gasteiger charge is 2.30. The van der Waals surface area contributed by atoms with Crippen molar-refractivity contribution in [1.82, 2.24) is 20.9 Å². The van der Waals surface area contributed by atoms with Gasteiger partial charge in [-0.05, 0) is 31.1 Å². The van der Waals surface area contributed by atoms with E-state index in [-0.39, 0.29) is 36.3 Å². The number of phosphoric ester groups is 1. The van der Waals surface area contributed by atoms with Gasteiger partial charge in [0.25, 0.3) is 7.82 Å². The lowest BCUT2D eigenvalue weighted by atomic mass is 9.76. The first kappa shape index (κ1) is 29.5. The average molecular weight is 492 g/mol. The second kappa shape index (κ2) is 14.0. The Labute approximate surface area is 196 Å². The van der Waals surface area contributed by atoms with Gasteiger partial charge in [-0.25, -0.2) is 0 Å². The third kappa shape index (κ3) is 14.4. The summed E-state index contributed by atoms with van der Waals surface area (Å²) in [7, 11) is -4.55. The molecule has 2 unspecified atom stereocenters. The second-order valence-electron chi connectivity index (χ2n) is 9.38. The highest BCUT2D eigenvalue weighted by atomic mass is 31.2. The van der Waals surface area contributed by atoms with E-state index in [1.165, 1.54) is 20.8 Å². The Balaban J connectivity index is 2.67. The van der Waals surface area contributed by atoms with Crippen LogP contribution in [-0.4, -0.2) is 74.1 Å². The van der Waals surface area contributed by atoms with Gasteiger partial charge in [0.15, 0.2) is 0 Å². The topological polar surface area (TPSA) is 149 Å². The molecule has 0 heterocycles. The van der Waals surface area contributed by atoms with Crippen LogP contribution in [0.3, 0.4) is 0 Å². The normalized spacial score (nSPS) is 18.9. The van der Waals surface area contributed by atoms with Gasteiger partial charge in [-0.3, -0.25) is 23.8 Å². The number of carbonyl (C=O) groups excluding carboxylic acids is 3. The molecule has 0 spiro atoms. The van der Waals surface area contributed by atoms with Crippen LogP contribution in [0, 0.1) is 5.41 Å². The number of hydrogen-bond acceptors (Lipinski definition) is 8. The molecule has 0 aromatic carbocycles. The van der Waals surface area contributed by atoms with Crippen molar-refractivity contribution in [3.8, 4) is 0 Å². The molecule has 1 aliphatic rings. The summed E-state index contributed by atoms with van der Waals surface area (Å²) in [5.41, 5.74) is 0.183. The number of amides is 3. The van der Waals surface area contributed by atoms with Crippen molar-refractivity contribution in [2.24, 2.45) is 5.41 Å². The quantitative estimate of drug-likeness (QED) is 0.298. The van der Waals surface area contributed by atoms with Gasteiger partial charge >= 0.3 is 0 Å². The Morgan fingerprint density at radius 3 is 2.00 bits per heavy atom. The molecule has 0 aromatic heterocycles. The van der Waals surface area contributed by atoms with Gasteiger partial charge in [0.05, 0.1) is 18.8 Å². The molecule has 11 nitrogen and oxygen atoms in total. The minimum Gasteiger partial charge on any atom is -0.756 e. The van der Waals surface area contributed by atoms with Crippen LogP contribution in [0.2, 0.25) is 0 Å². The molecule has 192 valence electrons. The fourth-order valence-corrected chi connectivity index (χ4v) is 4.69. The highest BCUT2D eigenvalue weighted by molar-refractivity contribution is 7.45. The maximum atomic E-state index is 12.4. The number of nitrogens with one attached hydrogen (secondary N) is 3. The van der Waals surface area contributed by atoms with E-state index in [1.807, 2.05) is 4.90 Å². The molecular weight excluding hydrogens is 451 g/mol. The molecule has 3 N–H and O–H groups in total. The molecule has 3 amide bonds. The van der Waals surface area contributed by atoms with Crippen molar-refractivity contribution in [2.45, 2.75) is 72.4 Å². The summed E-state index contributed by atoms with van der Waals surface area (Å²) in [5, 5.41) is 8.09. The predicted octanol–water partition coefficient (Wildman–Crippen LogP) is 0.536. The number of rotatable bonds is 14. The summed E-state index contributed by atoms with van der Waals surface area (Å²) in [6.07, 6.45) is 2.66. The first-order valence-corrected chi connectivity index (χ1v) is 12.9. The number of carbonyl (C=O) groups is 3. The monoisotopic (exact) mass is 491 g/mol. The van der Waals surface area contributed by atoms with Crippen molar-refractivity contribution in [2.75, 3.05) is 39.3 Å². The van der Waals surface area contributed by atoms with Crippen molar-refractivity contribution in [3.05, 3.63) is 0 Å². The molecule has 0 aromatic rings. The smallest absolute Gasteiger partial charge is 0.268 e. The van der Waals surface area contributed by atoms with Gasteiger partial charge in [-0.2, -0.15) is 0 Å². The van der Waals surface area contributed by atoms with E-state index < -0.39 is 20.0 Å². The zero-order chi connectivity index (χ0) is 25.1. The summed E-state index contributed by atoms with van der Waals surface area (Å²) >= 11 is 0. The Morgan fingerprint density at radius 2 is 1.55 bits per heavy atom. The van der Waals surface area contributed by atoms with Gasteiger partial charge in [-0.15, -0.1) is 0 Å². The molecule has 0 saturated heterocycles. The minimum atomic E-state index is -4.55. The molecule has 33 heavy (non-hydrogen) atoms. The lowest BCUT2D eigenvalue weighted by molar-refractivity contribution is -0.231. The Kier molecular flexibility index (Phi) is 12.5.